The molecule has 2 saturated carbocycles. The van der Waals surface area contributed by atoms with Crippen molar-refractivity contribution in [2.45, 2.75) is 69.6 Å². The second-order valence-electron chi connectivity index (χ2n) is 10.0. The number of benzene rings is 1. The number of ether oxygens (including phenoxy) is 1. The Bertz CT molecular complexity index is 921. The van der Waals surface area contributed by atoms with Gasteiger partial charge in [0.1, 0.15) is 11.4 Å². The van der Waals surface area contributed by atoms with Gasteiger partial charge in [-0.1, -0.05) is 18.2 Å². The number of aliphatic imine (C=N–C) groups is 1. The Morgan fingerprint density at radius 2 is 2.10 bits per heavy atom. The molecule has 0 unspecified atom stereocenters. The van der Waals surface area contributed by atoms with Crippen molar-refractivity contribution in [3.8, 4) is 5.75 Å². The molecule has 3 atom stereocenters. The zero-order chi connectivity index (χ0) is 21.1. The van der Waals surface area contributed by atoms with E-state index >= 15 is 0 Å². The van der Waals surface area contributed by atoms with Gasteiger partial charge >= 0.3 is 0 Å². The van der Waals surface area contributed by atoms with E-state index in [0.29, 0.717) is 13.0 Å². The van der Waals surface area contributed by atoms with E-state index in [9.17, 15) is 9.59 Å². The minimum atomic E-state index is -0.452. The van der Waals surface area contributed by atoms with E-state index in [0.717, 1.165) is 37.0 Å². The van der Waals surface area contributed by atoms with Crippen molar-refractivity contribution in [3.05, 3.63) is 29.8 Å². The van der Waals surface area contributed by atoms with Crippen LogP contribution < -0.4 is 15.8 Å². The summed E-state index contributed by atoms with van der Waals surface area (Å²) in [6.07, 6.45) is 5.22. The minimum absolute atomic E-state index is 0.0103. The van der Waals surface area contributed by atoms with Crippen LogP contribution in [0.15, 0.2) is 29.3 Å². The number of hydrogen-bond acceptors (Lipinski definition) is 5. The number of nitrogens with one attached hydrogen (secondary N) is 1. The fraction of sp³-hybridized carbons (Fsp3) is 0.609. The van der Waals surface area contributed by atoms with Gasteiger partial charge in [0, 0.05) is 24.4 Å². The molecule has 30 heavy (non-hydrogen) atoms. The van der Waals surface area contributed by atoms with E-state index in [-0.39, 0.29) is 41.3 Å². The summed E-state index contributed by atoms with van der Waals surface area (Å²) in [7, 11) is 0. The molecule has 5 rings (SSSR count). The average Bonchev–Trinajstić information content (AvgIpc) is 3.42. The summed E-state index contributed by atoms with van der Waals surface area (Å²) in [5.41, 5.74) is 6.53. The fourth-order valence-corrected chi connectivity index (χ4v) is 5.11. The Kier molecular flexibility index (Phi) is 4.35. The van der Waals surface area contributed by atoms with Gasteiger partial charge in [-0.15, -0.1) is 0 Å². The molecule has 3 N–H and O–H groups in total. The van der Waals surface area contributed by atoms with Gasteiger partial charge in [0.15, 0.2) is 5.96 Å². The van der Waals surface area contributed by atoms with Crippen molar-refractivity contribution < 1.29 is 14.3 Å². The summed E-state index contributed by atoms with van der Waals surface area (Å²) in [5.74, 6) is 1.28. The predicted molar refractivity (Wildman–Crippen MR) is 113 cm³/mol. The number of guanidine groups is 1. The third kappa shape index (κ3) is 3.44. The molecular weight excluding hydrogens is 380 g/mol. The number of para-hydroxylation sites is 1. The number of amides is 2. The topological polar surface area (TPSA) is 97.0 Å². The standard InChI is InChI=1S/C23H30N4O3/c1-22(2)12-19(28)27(21(24)26-22)13-14-10-16(14)20(29)25-17-11-23(8-5-9-23)30-18-7-4-3-6-15(17)18/h3-4,6-7,14,16-17H,5,8-13H2,1-2H3,(H2,24,26)(H,25,29)/t14-,16+,17-/m0/s1. The Balaban J connectivity index is 1.24. The van der Waals surface area contributed by atoms with Crippen LogP contribution in [-0.2, 0) is 9.59 Å². The lowest BCUT2D eigenvalue weighted by Crippen LogP contribution is -2.51. The maximum Gasteiger partial charge on any atom is 0.231 e. The Morgan fingerprint density at radius 3 is 2.80 bits per heavy atom. The monoisotopic (exact) mass is 410 g/mol. The molecule has 4 aliphatic rings. The van der Waals surface area contributed by atoms with E-state index in [1.807, 2.05) is 38.1 Å². The molecule has 7 heteroatoms. The number of rotatable bonds is 4. The van der Waals surface area contributed by atoms with Gasteiger partial charge in [-0.25, -0.2) is 4.99 Å². The molecule has 2 aliphatic carbocycles. The first-order valence-corrected chi connectivity index (χ1v) is 11.0. The molecule has 160 valence electrons. The van der Waals surface area contributed by atoms with Gasteiger partial charge in [-0.2, -0.15) is 0 Å². The van der Waals surface area contributed by atoms with E-state index in [4.69, 9.17) is 10.5 Å². The molecule has 1 aromatic rings. The van der Waals surface area contributed by atoms with Crippen LogP contribution in [0.3, 0.4) is 0 Å². The molecule has 0 aromatic heterocycles. The molecule has 7 nitrogen and oxygen atoms in total. The number of carbonyl (C=O) groups excluding carboxylic acids is 2. The Labute approximate surface area is 177 Å². The molecule has 2 fully saturated rings. The summed E-state index contributed by atoms with van der Waals surface area (Å²) >= 11 is 0. The third-order valence-corrected chi connectivity index (χ3v) is 7.03. The molecule has 2 heterocycles. The zero-order valence-corrected chi connectivity index (χ0v) is 17.7. The normalized spacial score (nSPS) is 30.6. The van der Waals surface area contributed by atoms with Crippen LogP contribution in [0.5, 0.6) is 5.75 Å². The molecule has 0 saturated heterocycles. The summed E-state index contributed by atoms with van der Waals surface area (Å²) < 4.78 is 6.28. The molecule has 2 aliphatic heterocycles. The van der Waals surface area contributed by atoms with Crippen LogP contribution in [0, 0.1) is 11.8 Å². The summed E-state index contributed by atoms with van der Waals surface area (Å²) in [4.78, 5) is 31.5. The molecule has 2 amide bonds. The number of fused-ring (bicyclic) bond motifs is 1. The lowest BCUT2D eigenvalue weighted by atomic mass is 9.73. The zero-order valence-electron chi connectivity index (χ0n) is 17.7. The highest BCUT2D eigenvalue weighted by atomic mass is 16.5. The van der Waals surface area contributed by atoms with E-state index in [1.165, 1.54) is 6.42 Å². The molecule has 1 spiro atoms. The summed E-state index contributed by atoms with van der Waals surface area (Å²) in [6.45, 7) is 4.28. The van der Waals surface area contributed by atoms with Crippen LogP contribution in [0.2, 0.25) is 0 Å². The second-order valence-corrected chi connectivity index (χ2v) is 10.0. The van der Waals surface area contributed by atoms with Crippen molar-refractivity contribution in [2.75, 3.05) is 6.54 Å². The lowest BCUT2D eigenvalue weighted by molar-refractivity contribution is -0.130. The van der Waals surface area contributed by atoms with E-state index < -0.39 is 5.54 Å². The fourth-order valence-electron chi connectivity index (χ4n) is 5.11. The Morgan fingerprint density at radius 1 is 1.33 bits per heavy atom. The van der Waals surface area contributed by atoms with Crippen molar-refractivity contribution in [2.24, 2.45) is 22.6 Å². The first-order valence-electron chi connectivity index (χ1n) is 11.0. The quantitative estimate of drug-likeness (QED) is 0.797. The van der Waals surface area contributed by atoms with Gasteiger partial charge in [-0.3, -0.25) is 14.5 Å². The molecule has 1 aromatic carbocycles. The Hall–Kier alpha value is -2.57. The average molecular weight is 411 g/mol. The molecule has 0 bridgehead atoms. The van der Waals surface area contributed by atoms with Crippen molar-refractivity contribution >= 4 is 17.8 Å². The highest BCUT2D eigenvalue weighted by Gasteiger charge is 2.49. The largest absolute Gasteiger partial charge is 0.487 e. The van der Waals surface area contributed by atoms with Crippen LogP contribution in [0.4, 0.5) is 0 Å². The number of carbonyl (C=O) groups is 2. The van der Waals surface area contributed by atoms with Crippen LogP contribution in [0.1, 0.15) is 64.0 Å². The maximum atomic E-state index is 13.0. The van der Waals surface area contributed by atoms with Gasteiger partial charge in [0.2, 0.25) is 11.8 Å². The number of nitrogens with two attached hydrogens (primary N) is 1. The van der Waals surface area contributed by atoms with Gasteiger partial charge in [-0.05, 0) is 51.5 Å². The number of hydrogen-bond donors (Lipinski definition) is 2. The van der Waals surface area contributed by atoms with Crippen molar-refractivity contribution in [1.82, 2.24) is 10.2 Å². The summed E-state index contributed by atoms with van der Waals surface area (Å²) in [5, 5.41) is 3.28. The maximum absolute atomic E-state index is 13.0. The highest BCUT2D eigenvalue weighted by Crippen LogP contribution is 2.49. The van der Waals surface area contributed by atoms with E-state index in [2.05, 4.69) is 10.3 Å². The highest BCUT2D eigenvalue weighted by molar-refractivity contribution is 5.99. The molecule has 0 radical (unpaired) electrons. The lowest BCUT2D eigenvalue weighted by Gasteiger charge is -2.48. The van der Waals surface area contributed by atoms with Crippen LogP contribution in [0.25, 0.3) is 0 Å². The van der Waals surface area contributed by atoms with Gasteiger partial charge in [0.05, 0.1) is 18.0 Å². The van der Waals surface area contributed by atoms with E-state index in [1.54, 1.807) is 4.90 Å². The first-order chi connectivity index (χ1) is 14.3. The minimum Gasteiger partial charge on any atom is -0.487 e. The first kappa shape index (κ1) is 19.4. The van der Waals surface area contributed by atoms with Crippen molar-refractivity contribution in [1.29, 1.82) is 0 Å². The number of nitrogens with zero attached hydrogens (tertiary/aromatic N) is 2. The van der Waals surface area contributed by atoms with Gasteiger partial charge < -0.3 is 15.8 Å². The van der Waals surface area contributed by atoms with Gasteiger partial charge in [0.25, 0.3) is 0 Å². The SMILES string of the molecule is CC1(C)CC(=O)N(C[C@@H]2C[C@H]2C(=O)N[C@H]2CC3(CCC3)Oc3ccccc32)C(N)=N1. The molecular formula is C23H30N4O3. The van der Waals surface area contributed by atoms with Crippen LogP contribution in [-0.4, -0.2) is 40.4 Å². The smallest absolute Gasteiger partial charge is 0.231 e. The third-order valence-electron chi connectivity index (χ3n) is 7.03. The van der Waals surface area contributed by atoms with Crippen LogP contribution >= 0.6 is 0 Å². The second kappa shape index (κ2) is 6.72. The summed E-state index contributed by atoms with van der Waals surface area (Å²) in [6, 6.07) is 8.00. The van der Waals surface area contributed by atoms with Crippen molar-refractivity contribution in [3.63, 3.8) is 0 Å². The predicted octanol–water partition coefficient (Wildman–Crippen LogP) is 2.51.